The lowest BCUT2D eigenvalue weighted by molar-refractivity contribution is 0.147. The molecule has 0 amide bonds. The van der Waals surface area contributed by atoms with E-state index in [9.17, 15) is 0 Å². The van der Waals surface area contributed by atoms with Crippen molar-refractivity contribution in [3.8, 4) is 0 Å². The summed E-state index contributed by atoms with van der Waals surface area (Å²) in [5, 5.41) is 20.4. The van der Waals surface area contributed by atoms with E-state index in [4.69, 9.17) is 14.9 Å². The number of methoxy groups -OCH3 is 1. The SMILES string of the molecule is COCC(CCO)NCCCO. The summed E-state index contributed by atoms with van der Waals surface area (Å²) in [5.41, 5.74) is 0. The molecule has 0 saturated carbocycles. The summed E-state index contributed by atoms with van der Waals surface area (Å²) in [6.45, 7) is 1.74. The molecule has 0 aliphatic rings. The molecule has 0 bridgehead atoms. The third-order valence-electron chi connectivity index (χ3n) is 1.61. The first-order valence-electron chi connectivity index (χ1n) is 4.29. The van der Waals surface area contributed by atoms with E-state index >= 15 is 0 Å². The van der Waals surface area contributed by atoms with Crippen LogP contribution in [0.1, 0.15) is 12.8 Å². The fraction of sp³-hybridized carbons (Fsp3) is 1.00. The van der Waals surface area contributed by atoms with Crippen LogP contribution in [0.2, 0.25) is 0 Å². The molecule has 0 heterocycles. The fourth-order valence-electron chi connectivity index (χ4n) is 0.987. The summed E-state index contributed by atoms with van der Waals surface area (Å²) in [4.78, 5) is 0. The van der Waals surface area contributed by atoms with Gasteiger partial charge in [0, 0.05) is 26.4 Å². The molecule has 0 saturated heterocycles. The summed E-state index contributed by atoms with van der Waals surface area (Å²) in [6, 6.07) is 0.201. The summed E-state index contributed by atoms with van der Waals surface area (Å²) < 4.78 is 4.95. The van der Waals surface area contributed by atoms with E-state index in [0.717, 1.165) is 13.0 Å². The van der Waals surface area contributed by atoms with Gasteiger partial charge in [-0.25, -0.2) is 0 Å². The number of rotatable bonds is 8. The van der Waals surface area contributed by atoms with E-state index in [1.165, 1.54) is 0 Å². The van der Waals surface area contributed by atoms with Crippen LogP contribution in [-0.2, 0) is 4.74 Å². The molecule has 3 N–H and O–H groups in total. The highest BCUT2D eigenvalue weighted by Gasteiger charge is 2.05. The first-order valence-corrected chi connectivity index (χ1v) is 4.29. The van der Waals surface area contributed by atoms with Gasteiger partial charge < -0.3 is 20.3 Å². The number of hydrogen-bond donors (Lipinski definition) is 3. The van der Waals surface area contributed by atoms with Crippen molar-refractivity contribution in [3.63, 3.8) is 0 Å². The monoisotopic (exact) mass is 177 g/mol. The molecule has 1 atom stereocenters. The van der Waals surface area contributed by atoms with Crippen LogP contribution in [0.25, 0.3) is 0 Å². The molecule has 0 aliphatic heterocycles. The number of nitrogens with one attached hydrogen (secondary N) is 1. The van der Waals surface area contributed by atoms with E-state index in [0.29, 0.717) is 13.0 Å². The molecule has 0 aromatic carbocycles. The highest BCUT2D eigenvalue weighted by molar-refractivity contribution is 4.64. The lowest BCUT2D eigenvalue weighted by Crippen LogP contribution is -2.35. The zero-order valence-corrected chi connectivity index (χ0v) is 7.62. The zero-order valence-electron chi connectivity index (χ0n) is 7.62. The average Bonchev–Trinajstić information content (AvgIpc) is 2.06. The van der Waals surface area contributed by atoms with Gasteiger partial charge in [0.15, 0.2) is 0 Å². The molecule has 4 heteroatoms. The lowest BCUT2D eigenvalue weighted by Gasteiger charge is -2.15. The predicted molar refractivity (Wildman–Crippen MR) is 47.1 cm³/mol. The molecule has 0 radical (unpaired) electrons. The van der Waals surface area contributed by atoms with Crippen LogP contribution in [0.15, 0.2) is 0 Å². The number of ether oxygens (including phenoxy) is 1. The molecule has 0 spiro atoms. The Bertz CT molecular complexity index is 84.4. The standard InChI is InChI=1S/C8H19NO3/c1-12-7-8(3-6-11)9-4-2-5-10/h8-11H,2-7H2,1H3. The number of hydrogen-bond acceptors (Lipinski definition) is 4. The van der Waals surface area contributed by atoms with E-state index < -0.39 is 0 Å². The first-order chi connectivity index (χ1) is 5.85. The highest BCUT2D eigenvalue weighted by Crippen LogP contribution is 1.91. The van der Waals surface area contributed by atoms with E-state index in [2.05, 4.69) is 5.32 Å². The van der Waals surface area contributed by atoms with Gasteiger partial charge in [-0.15, -0.1) is 0 Å². The van der Waals surface area contributed by atoms with Crippen molar-refractivity contribution in [1.82, 2.24) is 5.32 Å². The molecular formula is C8H19NO3. The second-order valence-corrected chi connectivity index (χ2v) is 2.70. The van der Waals surface area contributed by atoms with Gasteiger partial charge in [0.1, 0.15) is 0 Å². The summed E-state index contributed by atoms with van der Waals surface area (Å²) >= 11 is 0. The Labute approximate surface area is 73.5 Å². The van der Waals surface area contributed by atoms with Crippen LogP contribution in [-0.4, -0.2) is 49.7 Å². The van der Waals surface area contributed by atoms with Gasteiger partial charge in [-0.1, -0.05) is 0 Å². The van der Waals surface area contributed by atoms with Crippen molar-refractivity contribution in [2.24, 2.45) is 0 Å². The summed E-state index contributed by atoms with van der Waals surface area (Å²) in [7, 11) is 1.64. The van der Waals surface area contributed by atoms with Crippen molar-refractivity contribution in [3.05, 3.63) is 0 Å². The molecule has 0 aromatic rings. The molecule has 12 heavy (non-hydrogen) atoms. The largest absolute Gasteiger partial charge is 0.396 e. The van der Waals surface area contributed by atoms with Crippen molar-refractivity contribution in [2.75, 3.05) is 33.5 Å². The minimum atomic E-state index is 0.167. The van der Waals surface area contributed by atoms with Crippen LogP contribution in [0, 0.1) is 0 Å². The van der Waals surface area contributed by atoms with Gasteiger partial charge in [0.2, 0.25) is 0 Å². The van der Waals surface area contributed by atoms with Crippen molar-refractivity contribution >= 4 is 0 Å². The fourth-order valence-corrected chi connectivity index (χ4v) is 0.987. The van der Waals surface area contributed by atoms with Crippen LogP contribution in [0.5, 0.6) is 0 Å². The van der Waals surface area contributed by atoms with E-state index in [-0.39, 0.29) is 19.3 Å². The van der Waals surface area contributed by atoms with E-state index in [1.807, 2.05) is 0 Å². The Balaban J connectivity index is 3.34. The molecular weight excluding hydrogens is 158 g/mol. The number of aliphatic hydroxyl groups is 2. The minimum absolute atomic E-state index is 0.167. The molecule has 0 aromatic heterocycles. The van der Waals surface area contributed by atoms with Crippen LogP contribution >= 0.6 is 0 Å². The zero-order chi connectivity index (χ0) is 9.23. The Hall–Kier alpha value is -0.160. The predicted octanol–water partition coefficient (Wildman–Crippen LogP) is -0.644. The number of aliphatic hydroxyl groups excluding tert-OH is 2. The maximum absolute atomic E-state index is 8.67. The quantitative estimate of drug-likeness (QED) is 0.431. The lowest BCUT2D eigenvalue weighted by atomic mass is 10.2. The van der Waals surface area contributed by atoms with Crippen molar-refractivity contribution in [1.29, 1.82) is 0 Å². The molecule has 0 fully saturated rings. The first kappa shape index (κ1) is 11.8. The van der Waals surface area contributed by atoms with Gasteiger partial charge in [0.25, 0.3) is 0 Å². The van der Waals surface area contributed by atoms with Gasteiger partial charge in [-0.2, -0.15) is 0 Å². The Morgan fingerprint density at radius 1 is 1.33 bits per heavy atom. The third kappa shape index (κ3) is 6.54. The smallest absolute Gasteiger partial charge is 0.0616 e. The van der Waals surface area contributed by atoms with Gasteiger partial charge >= 0.3 is 0 Å². The van der Waals surface area contributed by atoms with Crippen LogP contribution in [0.4, 0.5) is 0 Å². The van der Waals surface area contributed by atoms with Crippen LogP contribution < -0.4 is 5.32 Å². The molecule has 0 aliphatic carbocycles. The third-order valence-corrected chi connectivity index (χ3v) is 1.61. The molecule has 0 rings (SSSR count). The molecule has 1 unspecified atom stereocenters. The molecule has 74 valence electrons. The second-order valence-electron chi connectivity index (χ2n) is 2.70. The van der Waals surface area contributed by atoms with Crippen LogP contribution in [0.3, 0.4) is 0 Å². The maximum atomic E-state index is 8.67. The maximum Gasteiger partial charge on any atom is 0.0616 e. The highest BCUT2D eigenvalue weighted by atomic mass is 16.5. The van der Waals surface area contributed by atoms with Gasteiger partial charge in [-0.05, 0) is 19.4 Å². The van der Waals surface area contributed by atoms with Crippen molar-refractivity contribution < 1.29 is 14.9 Å². The van der Waals surface area contributed by atoms with E-state index in [1.54, 1.807) is 7.11 Å². The second kappa shape index (κ2) is 8.93. The van der Waals surface area contributed by atoms with Gasteiger partial charge in [-0.3, -0.25) is 0 Å². The minimum Gasteiger partial charge on any atom is -0.396 e. The normalized spacial score (nSPS) is 13.2. The Kier molecular flexibility index (Phi) is 8.81. The Morgan fingerprint density at radius 2 is 2.08 bits per heavy atom. The van der Waals surface area contributed by atoms with Crippen molar-refractivity contribution in [2.45, 2.75) is 18.9 Å². The summed E-state index contributed by atoms with van der Waals surface area (Å²) in [6.07, 6.45) is 1.44. The topological polar surface area (TPSA) is 61.7 Å². The summed E-state index contributed by atoms with van der Waals surface area (Å²) in [5.74, 6) is 0. The van der Waals surface area contributed by atoms with Gasteiger partial charge in [0.05, 0.1) is 6.61 Å². The Morgan fingerprint density at radius 3 is 2.58 bits per heavy atom. The average molecular weight is 177 g/mol. The molecule has 4 nitrogen and oxygen atoms in total.